The highest BCUT2D eigenvalue weighted by Gasteiger charge is 2.42. The highest BCUT2D eigenvalue weighted by molar-refractivity contribution is 4.85. The van der Waals surface area contributed by atoms with E-state index >= 15 is 0 Å². The van der Waals surface area contributed by atoms with Gasteiger partial charge in [-0.2, -0.15) is 8.78 Å². The Labute approximate surface area is 97.9 Å². The largest absolute Gasteiger partial charge is 0.394 e. The van der Waals surface area contributed by atoms with Crippen LogP contribution in [-0.2, 0) is 4.74 Å². The first-order valence-electron chi connectivity index (χ1n) is 5.16. The number of hydrogen-bond acceptors (Lipinski definition) is 3. The maximum atomic E-state index is 12.6. The van der Waals surface area contributed by atoms with Crippen LogP contribution in [0.5, 0.6) is 0 Å². The molecule has 0 aliphatic carbocycles. The van der Waals surface area contributed by atoms with Crippen molar-refractivity contribution < 1.29 is 27.4 Å². The molecule has 0 bridgehead atoms. The van der Waals surface area contributed by atoms with E-state index < -0.39 is 43.1 Å². The number of hydrogen-bond donors (Lipinski definition) is 2. The molecule has 2 unspecified atom stereocenters. The van der Waals surface area contributed by atoms with Crippen molar-refractivity contribution in [1.29, 1.82) is 0 Å². The lowest BCUT2D eigenvalue weighted by Gasteiger charge is -2.33. The fourth-order valence-corrected chi connectivity index (χ4v) is 1.11. The molecule has 0 heterocycles. The molecular formula is C10H19F4NO2. The topological polar surface area (TPSA) is 55.5 Å². The molecule has 0 aromatic carbocycles. The second-order valence-corrected chi connectivity index (χ2v) is 4.99. The lowest BCUT2D eigenvalue weighted by atomic mass is 9.84. The van der Waals surface area contributed by atoms with Crippen molar-refractivity contribution in [3.8, 4) is 0 Å². The molecule has 0 saturated heterocycles. The second kappa shape index (κ2) is 5.97. The molecule has 3 nitrogen and oxygen atoms in total. The third-order valence-electron chi connectivity index (χ3n) is 2.39. The van der Waals surface area contributed by atoms with Crippen LogP contribution < -0.4 is 5.73 Å². The molecule has 0 fully saturated rings. The summed E-state index contributed by atoms with van der Waals surface area (Å²) in [6, 6.07) is -0.735. The van der Waals surface area contributed by atoms with Crippen molar-refractivity contribution in [3.05, 3.63) is 0 Å². The first-order valence-corrected chi connectivity index (χ1v) is 5.16. The van der Waals surface area contributed by atoms with E-state index in [1.807, 2.05) is 0 Å². The summed E-state index contributed by atoms with van der Waals surface area (Å²) in [4.78, 5) is 0. The molecule has 0 aromatic heterocycles. The van der Waals surface area contributed by atoms with Gasteiger partial charge in [0.25, 0.3) is 0 Å². The molecule has 104 valence electrons. The van der Waals surface area contributed by atoms with Gasteiger partial charge in [-0.15, -0.1) is 0 Å². The van der Waals surface area contributed by atoms with Crippen molar-refractivity contribution in [3.63, 3.8) is 0 Å². The monoisotopic (exact) mass is 261 g/mol. The van der Waals surface area contributed by atoms with Gasteiger partial charge in [-0.05, 0) is 5.41 Å². The first kappa shape index (κ1) is 16.6. The van der Waals surface area contributed by atoms with Crippen molar-refractivity contribution in [1.82, 2.24) is 0 Å². The highest BCUT2D eigenvalue weighted by atomic mass is 19.3. The second-order valence-electron chi connectivity index (χ2n) is 4.99. The summed E-state index contributed by atoms with van der Waals surface area (Å²) in [5.41, 5.74) is 5.20. The van der Waals surface area contributed by atoms with E-state index in [4.69, 9.17) is 10.8 Å². The van der Waals surface area contributed by atoms with E-state index in [1.54, 1.807) is 20.8 Å². The first-order chi connectivity index (χ1) is 7.52. The maximum Gasteiger partial charge on any atom is 0.330 e. The number of aliphatic hydroxyl groups is 1. The SMILES string of the molecule is CC(C)(C)C(N)C(CO)OCC(F)(F)C(F)F. The lowest BCUT2D eigenvalue weighted by Crippen LogP contribution is -2.49. The van der Waals surface area contributed by atoms with Crippen LogP contribution in [-0.4, -0.2) is 42.8 Å². The van der Waals surface area contributed by atoms with Crippen LogP contribution in [0.1, 0.15) is 20.8 Å². The highest BCUT2D eigenvalue weighted by Crippen LogP contribution is 2.26. The van der Waals surface area contributed by atoms with Crippen LogP contribution in [0, 0.1) is 5.41 Å². The quantitative estimate of drug-likeness (QED) is 0.715. The predicted octanol–water partition coefficient (Wildman–Crippen LogP) is 1.64. The van der Waals surface area contributed by atoms with Crippen molar-refractivity contribution in [2.24, 2.45) is 11.1 Å². The van der Waals surface area contributed by atoms with Gasteiger partial charge < -0.3 is 15.6 Å². The van der Waals surface area contributed by atoms with E-state index in [9.17, 15) is 17.6 Å². The summed E-state index contributed by atoms with van der Waals surface area (Å²) in [6.45, 7) is 3.14. The number of rotatable bonds is 6. The number of ether oxygens (including phenoxy) is 1. The lowest BCUT2D eigenvalue weighted by molar-refractivity contribution is -0.183. The molecule has 17 heavy (non-hydrogen) atoms. The van der Waals surface area contributed by atoms with Gasteiger partial charge in [0.1, 0.15) is 6.61 Å². The fourth-order valence-electron chi connectivity index (χ4n) is 1.11. The molecule has 2 atom stereocenters. The summed E-state index contributed by atoms with van der Waals surface area (Å²) >= 11 is 0. The predicted molar refractivity (Wildman–Crippen MR) is 55.2 cm³/mol. The molecule has 0 aromatic rings. The third kappa shape index (κ3) is 5.18. The Hall–Kier alpha value is -0.400. The number of alkyl halides is 4. The molecule has 0 aliphatic heterocycles. The van der Waals surface area contributed by atoms with E-state index in [-0.39, 0.29) is 0 Å². The van der Waals surface area contributed by atoms with Crippen LogP contribution in [0.2, 0.25) is 0 Å². The van der Waals surface area contributed by atoms with Gasteiger partial charge in [-0.3, -0.25) is 0 Å². The molecule has 0 saturated carbocycles. The Kier molecular flexibility index (Phi) is 5.83. The smallest absolute Gasteiger partial charge is 0.330 e. The van der Waals surface area contributed by atoms with Crippen molar-refractivity contribution >= 4 is 0 Å². The molecule has 0 amide bonds. The molecule has 0 aliphatic rings. The molecular weight excluding hydrogens is 242 g/mol. The Morgan fingerprint density at radius 3 is 2.00 bits per heavy atom. The van der Waals surface area contributed by atoms with Gasteiger partial charge in [-0.25, -0.2) is 8.78 Å². The van der Waals surface area contributed by atoms with E-state index in [1.165, 1.54) is 0 Å². The summed E-state index contributed by atoms with van der Waals surface area (Å²) in [5, 5.41) is 8.96. The van der Waals surface area contributed by atoms with Gasteiger partial charge in [0.15, 0.2) is 0 Å². The number of nitrogens with two attached hydrogens (primary N) is 1. The standard InChI is InChI=1S/C10H19F4NO2/c1-9(2,3)7(15)6(4-16)17-5-10(13,14)8(11)12/h6-8,16H,4-5,15H2,1-3H3. The van der Waals surface area contributed by atoms with Gasteiger partial charge in [-0.1, -0.05) is 20.8 Å². The maximum absolute atomic E-state index is 12.6. The average molecular weight is 261 g/mol. The molecule has 0 radical (unpaired) electrons. The molecule has 0 rings (SSSR count). The summed E-state index contributed by atoms with van der Waals surface area (Å²) in [6.07, 6.45) is -4.90. The van der Waals surface area contributed by atoms with E-state index in [2.05, 4.69) is 4.74 Å². The van der Waals surface area contributed by atoms with E-state index in [0.717, 1.165) is 0 Å². The van der Waals surface area contributed by atoms with Gasteiger partial charge in [0.05, 0.1) is 12.7 Å². The Morgan fingerprint density at radius 2 is 1.71 bits per heavy atom. The minimum Gasteiger partial charge on any atom is -0.394 e. The van der Waals surface area contributed by atoms with Gasteiger partial charge >= 0.3 is 12.3 Å². The minimum absolute atomic E-state index is 0.493. The fraction of sp³-hybridized carbons (Fsp3) is 1.00. The normalized spacial score (nSPS) is 17.3. The number of aliphatic hydroxyl groups excluding tert-OH is 1. The summed E-state index contributed by atoms with van der Waals surface area (Å²) in [5.74, 6) is -4.23. The Balaban J connectivity index is 4.44. The summed E-state index contributed by atoms with van der Waals surface area (Å²) < 4.78 is 53.6. The van der Waals surface area contributed by atoms with Crippen LogP contribution in [0.15, 0.2) is 0 Å². The van der Waals surface area contributed by atoms with Crippen LogP contribution in [0.3, 0.4) is 0 Å². The zero-order valence-corrected chi connectivity index (χ0v) is 10.1. The molecule has 7 heteroatoms. The number of halogens is 4. The van der Waals surface area contributed by atoms with Gasteiger partial charge in [0.2, 0.25) is 0 Å². The average Bonchev–Trinajstić information content (AvgIpc) is 2.16. The third-order valence-corrected chi connectivity index (χ3v) is 2.39. The van der Waals surface area contributed by atoms with Crippen molar-refractivity contribution in [2.45, 2.75) is 45.3 Å². The zero-order valence-electron chi connectivity index (χ0n) is 10.1. The minimum atomic E-state index is -4.23. The Morgan fingerprint density at radius 1 is 1.24 bits per heavy atom. The van der Waals surface area contributed by atoms with Crippen LogP contribution in [0.4, 0.5) is 17.6 Å². The molecule has 0 spiro atoms. The van der Waals surface area contributed by atoms with Crippen molar-refractivity contribution in [2.75, 3.05) is 13.2 Å². The molecule has 3 N–H and O–H groups in total. The summed E-state index contributed by atoms with van der Waals surface area (Å²) in [7, 11) is 0. The Bertz CT molecular complexity index is 231. The van der Waals surface area contributed by atoms with Gasteiger partial charge in [0, 0.05) is 6.04 Å². The van der Waals surface area contributed by atoms with Crippen LogP contribution in [0.25, 0.3) is 0 Å². The zero-order chi connectivity index (χ0) is 13.9. The van der Waals surface area contributed by atoms with E-state index in [0.29, 0.717) is 0 Å². The van der Waals surface area contributed by atoms with Crippen LogP contribution >= 0.6 is 0 Å².